The highest BCUT2D eigenvalue weighted by molar-refractivity contribution is 5.77. The largest absolute Gasteiger partial charge is 0.484 e. The van der Waals surface area contributed by atoms with Gasteiger partial charge in [-0.15, -0.1) is 0 Å². The van der Waals surface area contributed by atoms with Crippen LogP contribution in [-0.2, 0) is 10.4 Å². The molecule has 1 unspecified atom stereocenters. The van der Waals surface area contributed by atoms with E-state index in [-0.39, 0.29) is 25.0 Å². The molecule has 0 heterocycles. The van der Waals surface area contributed by atoms with Crippen molar-refractivity contribution < 1.29 is 14.6 Å². The molecule has 0 aromatic heterocycles. The second-order valence-corrected chi connectivity index (χ2v) is 5.94. The molecule has 0 radical (unpaired) electrons. The summed E-state index contributed by atoms with van der Waals surface area (Å²) in [6.45, 7) is 0.151. The van der Waals surface area contributed by atoms with E-state index in [0.717, 1.165) is 18.4 Å². The van der Waals surface area contributed by atoms with Gasteiger partial charge in [0.2, 0.25) is 0 Å². The molecule has 1 amide bonds. The normalized spacial score (nSPS) is 16.4. The van der Waals surface area contributed by atoms with Crippen LogP contribution in [0.1, 0.15) is 18.4 Å². The van der Waals surface area contributed by atoms with Crippen LogP contribution < -0.4 is 10.1 Å². The second-order valence-electron chi connectivity index (χ2n) is 5.94. The molecule has 0 saturated heterocycles. The third-order valence-electron chi connectivity index (χ3n) is 4.19. The van der Waals surface area contributed by atoms with Crippen LogP contribution in [0.5, 0.6) is 5.75 Å². The van der Waals surface area contributed by atoms with Crippen molar-refractivity contribution in [2.24, 2.45) is 5.92 Å². The van der Waals surface area contributed by atoms with Gasteiger partial charge >= 0.3 is 0 Å². The van der Waals surface area contributed by atoms with Gasteiger partial charge in [-0.3, -0.25) is 4.79 Å². The van der Waals surface area contributed by atoms with Gasteiger partial charge in [0, 0.05) is 0 Å². The Kier molecular flexibility index (Phi) is 4.63. The Hall–Kier alpha value is -2.33. The summed E-state index contributed by atoms with van der Waals surface area (Å²) in [6.07, 6.45) is 1.98. The fourth-order valence-electron chi connectivity index (χ4n) is 2.72. The molecule has 1 atom stereocenters. The molecule has 1 saturated carbocycles. The van der Waals surface area contributed by atoms with Crippen molar-refractivity contribution >= 4 is 5.91 Å². The van der Waals surface area contributed by atoms with Gasteiger partial charge in [0.1, 0.15) is 11.4 Å². The molecule has 1 aliphatic rings. The van der Waals surface area contributed by atoms with E-state index in [9.17, 15) is 9.90 Å². The number of benzene rings is 2. The van der Waals surface area contributed by atoms with Gasteiger partial charge in [-0.25, -0.2) is 0 Å². The third kappa shape index (κ3) is 3.90. The molecule has 1 aliphatic carbocycles. The summed E-state index contributed by atoms with van der Waals surface area (Å²) in [5, 5.41) is 13.8. The zero-order chi connectivity index (χ0) is 16.1. The maximum atomic E-state index is 12.0. The van der Waals surface area contributed by atoms with Crippen molar-refractivity contribution in [3.63, 3.8) is 0 Å². The zero-order valence-corrected chi connectivity index (χ0v) is 12.9. The van der Waals surface area contributed by atoms with Gasteiger partial charge in [-0.1, -0.05) is 48.5 Å². The van der Waals surface area contributed by atoms with Gasteiger partial charge in [-0.2, -0.15) is 0 Å². The molecule has 4 heteroatoms. The van der Waals surface area contributed by atoms with Crippen molar-refractivity contribution in [3.05, 3.63) is 66.2 Å². The molecule has 0 aliphatic heterocycles. The SMILES string of the molecule is O=C(COc1ccccc1)NCC(O)(c1ccccc1)C1CC1. The molecule has 1 fully saturated rings. The zero-order valence-electron chi connectivity index (χ0n) is 12.9. The minimum Gasteiger partial charge on any atom is -0.484 e. The number of para-hydroxylation sites is 1. The molecular weight excluding hydrogens is 290 g/mol. The van der Waals surface area contributed by atoms with Crippen molar-refractivity contribution in [1.82, 2.24) is 5.32 Å². The van der Waals surface area contributed by atoms with E-state index < -0.39 is 5.60 Å². The third-order valence-corrected chi connectivity index (χ3v) is 4.19. The van der Waals surface area contributed by atoms with E-state index in [1.165, 1.54) is 0 Å². The minimum absolute atomic E-state index is 0.0560. The highest BCUT2D eigenvalue weighted by Gasteiger charge is 2.45. The van der Waals surface area contributed by atoms with Gasteiger partial charge in [0.15, 0.2) is 6.61 Å². The van der Waals surface area contributed by atoms with E-state index in [4.69, 9.17) is 4.74 Å². The Balaban J connectivity index is 1.56. The van der Waals surface area contributed by atoms with Crippen molar-refractivity contribution in [1.29, 1.82) is 0 Å². The summed E-state index contributed by atoms with van der Waals surface area (Å²) < 4.78 is 5.42. The van der Waals surface area contributed by atoms with Gasteiger partial charge in [0.25, 0.3) is 5.91 Å². The molecular formula is C19H21NO3. The molecule has 0 bridgehead atoms. The maximum Gasteiger partial charge on any atom is 0.258 e. The number of hydrogen-bond donors (Lipinski definition) is 2. The summed E-state index contributed by atoms with van der Waals surface area (Å²) in [5.74, 6) is 0.632. The Bertz CT molecular complexity index is 640. The van der Waals surface area contributed by atoms with Crippen LogP contribution in [0.15, 0.2) is 60.7 Å². The lowest BCUT2D eigenvalue weighted by atomic mass is 9.88. The summed E-state index contributed by atoms with van der Waals surface area (Å²) in [4.78, 5) is 12.0. The first-order valence-electron chi connectivity index (χ1n) is 7.91. The molecule has 23 heavy (non-hydrogen) atoms. The van der Waals surface area contributed by atoms with E-state index in [1.807, 2.05) is 48.5 Å². The number of carbonyl (C=O) groups is 1. The second kappa shape index (κ2) is 6.84. The average Bonchev–Trinajstić information content (AvgIpc) is 3.45. The summed E-state index contributed by atoms with van der Waals surface area (Å²) >= 11 is 0. The van der Waals surface area contributed by atoms with Crippen LogP contribution in [0.25, 0.3) is 0 Å². The highest BCUT2D eigenvalue weighted by Crippen LogP contribution is 2.45. The van der Waals surface area contributed by atoms with Gasteiger partial charge < -0.3 is 15.2 Å². The number of nitrogens with one attached hydrogen (secondary N) is 1. The monoisotopic (exact) mass is 311 g/mol. The smallest absolute Gasteiger partial charge is 0.258 e. The Morgan fingerprint density at radius 1 is 1.09 bits per heavy atom. The number of rotatable bonds is 7. The van der Waals surface area contributed by atoms with Gasteiger partial charge in [-0.05, 0) is 36.5 Å². The quantitative estimate of drug-likeness (QED) is 0.826. The van der Waals surface area contributed by atoms with Crippen LogP contribution in [0.2, 0.25) is 0 Å². The van der Waals surface area contributed by atoms with Gasteiger partial charge in [0.05, 0.1) is 6.54 Å². The number of carbonyl (C=O) groups excluding carboxylic acids is 1. The molecule has 0 spiro atoms. The first kappa shape index (κ1) is 15.6. The fraction of sp³-hybridized carbons (Fsp3) is 0.316. The van der Waals surface area contributed by atoms with E-state index in [1.54, 1.807) is 12.1 Å². The molecule has 2 N–H and O–H groups in total. The topological polar surface area (TPSA) is 58.6 Å². The number of amides is 1. The van der Waals surface area contributed by atoms with Crippen molar-refractivity contribution in [3.8, 4) is 5.75 Å². The Morgan fingerprint density at radius 2 is 1.70 bits per heavy atom. The highest BCUT2D eigenvalue weighted by atomic mass is 16.5. The average molecular weight is 311 g/mol. The van der Waals surface area contributed by atoms with E-state index in [0.29, 0.717) is 5.75 Å². The lowest BCUT2D eigenvalue weighted by Gasteiger charge is -2.29. The summed E-state index contributed by atoms with van der Waals surface area (Å²) in [6, 6.07) is 18.8. The predicted molar refractivity (Wildman–Crippen MR) is 88.0 cm³/mol. The number of hydrogen-bond acceptors (Lipinski definition) is 3. The predicted octanol–water partition coefficient (Wildman–Crippen LogP) is 2.48. The van der Waals surface area contributed by atoms with Crippen LogP contribution in [0, 0.1) is 5.92 Å². The van der Waals surface area contributed by atoms with Crippen molar-refractivity contribution in [2.75, 3.05) is 13.2 Å². The minimum atomic E-state index is -0.996. The maximum absolute atomic E-state index is 12.0. The van der Waals surface area contributed by atoms with E-state index >= 15 is 0 Å². The molecule has 2 aromatic rings. The Morgan fingerprint density at radius 3 is 2.30 bits per heavy atom. The lowest BCUT2D eigenvalue weighted by molar-refractivity contribution is -0.124. The molecule has 4 nitrogen and oxygen atoms in total. The molecule has 120 valence electrons. The van der Waals surface area contributed by atoms with Crippen LogP contribution in [0.3, 0.4) is 0 Å². The van der Waals surface area contributed by atoms with Crippen molar-refractivity contribution in [2.45, 2.75) is 18.4 Å². The summed E-state index contributed by atoms with van der Waals surface area (Å²) in [5.41, 5.74) is -0.143. The first-order valence-corrected chi connectivity index (χ1v) is 7.91. The standard InChI is InChI=1S/C19H21NO3/c21-18(13-23-17-9-5-2-6-10-17)20-14-19(22,16-11-12-16)15-7-3-1-4-8-15/h1-10,16,22H,11-14H2,(H,20,21). The van der Waals surface area contributed by atoms with Crippen LogP contribution in [0.4, 0.5) is 0 Å². The molecule has 2 aromatic carbocycles. The fourth-order valence-corrected chi connectivity index (χ4v) is 2.72. The molecule has 3 rings (SSSR count). The first-order chi connectivity index (χ1) is 11.2. The van der Waals surface area contributed by atoms with E-state index in [2.05, 4.69) is 5.32 Å². The number of ether oxygens (including phenoxy) is 1. The Labute approximate surface area is 136 Å². The van der Waals surface area contributed by atoms with Crippen LogP contribution in [-0.4, -0.2) is 24.2 Å². The lowest BCUT2D eigenvalue weighted by Crippen LogP contribution is -2.43. The van der Waals surface area contributed by atoms with Crippen LogP contribution >= 0.6 is 0 Å². The summed E-state index contributed by atoms with van der Waals surface area (Å²) in [7, 11) is 0. The number of aliphatic hydroxyl groups is 1.